The van der Waals surface area contributed by atoms with Gasteiger partial charge in [-0.25, -0.2) is 0 Å². The topological polar surface area (TPSA) is 38.9 Å². The summed E-state index contributed by atoms with van der Waals surface area (Å²) in [7, 11) is 0. The Morgan fingerprint density at radius 3 is 2.88 bits per heavy atom. The van der Waals surface area contributed by atoms with Crippen LogP contribution < -0.4 is 5.73 Å². The molecule has 0 spiro atoms. The Bertz CT molecular complexity index is 516. The van der Waals surface area contributed by atoms with E-state index in [0.29, 0.717) is 5.02 Å². The number of halogens is 2. The maximum atomic E-state index is 6.18. The molecular weight excluding hydrogens is 347 g/mol. The summed E-state index contributed by atoms with van der Waals surface area (Å²) >= 11 is 8.35. The van der Waals surface area contributed by atoms with Crippen molar-refractivity contribution in [3.05, 3.63) is 62.4 Å². The van der Waals surface area contributed by atoms with Crippen molar-refractivity contribution in [3.8, 4) is 0 Å². The number of benzene rings is 1. The molecule has 17 heavy (non-hydrogen) atoms. The van der Waals surface area contributed by atoms with Crippen LogP contribution in [0.1, 0.15) is 17.2 Å². The molecule has 88 valence electrons. The van der Waals surface area contributed by atoms with Gasteiger partial charge in [-0.2, -0.15) is 0 Å². The quantitative estimate of drug-likeness (QED) is 0.852. The Labute approximate surface area is 119 Å². The van der Waals surface area contributed by atoms with Crippen molar-refractivity contribution in [1.29, 1.82) is 0 Å². The molecule has 1 heterocycles. The zero-order chi connectivity index (χ0) is 12.3. The van der Waals surface area contributed by atoms with Gasteiger partial charge in [0.15, 0.2) is 0 Å². The highest BCUT2D eigenvalue weighted by Gasteiger charge is 2.09. The van der Waals surface area contributed by atoms with E-state index in [0.717, 1.165) is 17.5 Å². The summed E-state index contributed by atoms with van der Waals surface area (Å²) in [5.74, 6) is 0. The molecule has 2 aromatic rings. The Morgan fingerprint density at radius 2 is 2.18 bits per heavy atom. The maximum Gasteiger partial charge on any atom is 0.0622 e. The monoisotopic (exact) mass is 358 g/mol. The second-order valence-corrected chi connectivity index (χ2v) is 5.49. The highest BCUT2D eigenvalue weighted by atomic mass is 127. The highest BCUT2D eigenvalue weighted by Crippen LogP contribution is 2.22. The number of nitrogens with zero attached hydrogens (tertiary/aromatic N) is 1. The predicted molar refractivity (Wildman–Crippen MR) is 79.0 cm³/mol. The fourth-order valence-corrected chi connectivity index (χ4v) is 2.43. The Hall–Kier alpha value is -0.650. The van der Waals surface area contributed by atoms with Crippen LogP contribution in [0.5, 0.6) is 0 Å². The van der Waals surface area contributed by atoms with Crippen LogP contribution in [0.4, 0.5) is 0 Å². The molecule has 0 saturated carbocycles. The van der Waals surface area contributed by atoms with Crippen molar-refractivity contribution in [3.63, 3.8) is 0 Å². The minimum Gasteiger partial charge on any atom is -0.324 e. The van der Waals surface area contributed by atoms with Crippen molar-refractivity contribution in [2.45, 2.75) is 12.5 Å². The summed E-state index contributed by atoms with van der Waals surface area (Å²) in [6.45, 7) is 0. The third-order valence-corrected chi connectivity index (χ3v) is 3.58. The van der Waals surface area contributed by atoms with Gasteiger partial charge in [0.05, 0.1) is 5.02 Å². The second-order valence-electron chi connectivity index (χ2n) is 3.83. The second kappa shape index (κ2) is 5.80. The van der Waals surface area contributed by atoms with Crippen molar-refractivity contribution in [1.82, 2.24) is 4.98 Å². The SMILES string of the molecule is NC(Cc1ccncc1Cl)c1cccc(I)c1. The molecule has 1 aromatic heterocycles. The molecule has 0 aliphatic rings. The van der Waals surface area contributed by atoms with Crippen LogP contribution in [0.15, 0.2) is 42.7 Å². The van der Waals surface area contributed by atoms with E-state index in [1.807, 2.05) is 18.2 Å². The van der Waals surface area contributed by atoms with E-state index in [9.17, 15) is 0 Å². The lowest BCUT2D eigenvalue weighted by Crippen LogP contribution is -2.13. The first-order valence-electron chi connectivity index (χ1n) is 5.26. The molecule has 0 aliphatic carbocycles. The summed E-state index contributed by atoms with van der Waals surface area (Å²) in [5.41, 5.74) is 8.35. The summed E-state index contributed by atoms with van der Waals surface area (Å²) < 4.78 is 1.19. The highest BCUT2D eigenvalue weighted by molar-refractivity contribution is 14.1. The molecule has 4 heteroatoms. The van der Waals surface area contributed by atoms with E-state index < -0.39 is 0 Å². The van der Waals surface area contributed by atoms with Crippen LogP contribution in [0.25, 0.3) is 0 Å². The minimum absolute atomic E-state index is 0.0374. The van der Waals surface area contributed by atoms with E-state index in [4.69, 9.17) is 17.3 Å². The lowest BCUT2D eigenvalue weighted by molar-refractivity contribution is 0.720. The van der Waals surface area contributed by atoms with Crippen LogP contribution in [-0.2, 0) is 6.42 Å². The summed E-state index contributed by atoms with van der Waals surface area (Å²) in [5, 5.41) is 0.675. The molecule has 0 amide bonds. The van der Waals surface area contributed by atoms with Crippen LogP contribution >= 0.6 is 34.2 Å². The van der Waals surface area contributed by atoms with E-state index in [1.165, 1.54) is 3.57 Å². The number of hydrogen-bond donors (Lipinski definition) is 1. The molecule has 0 radical (unpaired) electrons. The van der Waals surface area contributed by atoms with E-state index in [1.54, 1.807) is 12.4 Å². The normalized spacial score (nSPS) is 12.4. The van der Waals surface area contributed by atoms with Gasteiger partial charge in [-0.1, -0.05) is 23.7 Å². The zero-order valence-corrected chi connectivity index (χ0v) is 12.0. The molecule has 1 unspecified atom stereocenters. The van der Waals surface area contributed by atoms with Gasteiger partial charge in [0.25, 0.3) is 0 Å². The number of rotatable bonds is 3. The third kappa shape index (κ3) is 3.40. The lowest BCUT2D eigenvalue weighted by atomic mass is 10.0. The third-order valence-electron chi connectivity index (χ3n) is 2.57. The molecule has 0 saturated heterocycles. The smallest absolute Gasteiger partial charge is 0.0622 e. The summed E-state index contributed by atoms with van der Waals surface area (Å²) in [6, 6.07) is 10.1. The fourth-order valence-electron chi connectivity index (χ4n) is 1.66. The van der Waals surface area contributed by atoms with Crippen molar-refractivity contribution >= 4 is 34.2 Å². The number of pyridine rings is 1. The Kier molecular flexibility index (Phi) is 4.36. The van der Waals surface area contributed by atoms with Gasteiger partial charge in [0.2, 0.25) is 0 Å². The Balaban J connectivity index is 2.17. The van der Waals surface area contributed by atoms with Crippen LogP contribution in [0.3, 0.4) is 0 Å². The zero-order valence-electron chi connectivity index (χ0n) is 9.11. The summed E-state index contributed by atoms with van der Waals surface area (Å²) in [6.07, 6.45) is 4.11. The lowest BCUT2D eigenvalue weighted by Gasteiger charge is -2.13. The van der Waals surface area contributed by atoms with Crippen LogP contribution in [0, 0.1) is 3.57 Å². The molecule has 2 nitrogen and oxygen atoms in total. The van der Waals surface area contributed by atoms with Gasteiger partial charge in [0.1, 0.15) is 0 Å². The van der Waals surface area contributed by atoms with Crippen molar-refractivity contribution < 1.29 is 0 Å². The standard InChI is InChI=1S/C13H12ClIN2/c14-12-8-17-5-4-9(12)7-13(16)10-2-1-3-11(15)6-10/h1-6,8,13H,7,16H2. The van der Waals surface area contributed by atoms with Gasteiger partial charge < -0.3 is 5.73 Å². The van der Waals surface area contributed by atoms with E-state index in [-0.39, 0.29) is 6.04 Å². The molecular formula is C13H12ClIN2. The average Bonchev–Trinajstić information content (AvgIpc) is 2.32. The van der Waals surface area contributed by atoms with Crippen LogP contribution in [-0.4, -0.2) is 4.98 Å². The van der Waals surface area contributed by atoms with Gasteiger partial charge in [0, 0.05) is 22.0 Å². The van der Waals surface area contributed by atoms with Gasteiger partial charge in [-0.05, 0) is 58.3 Å². The van der Waals surface area contributed by atoms with Crippen molar-refractivity contribution in [2.75, 3.05) is 0 Å². The molecule has 2 rings (SSSR count). The Morgan fingerprint density at radius 1 is 1.35 bits per heavy atom. The number of aromatic nitrogens is 1. The molecule has 0 fully saturated rings. The fraction of sp³-hybridized carbons (Fsp3) is 0.154. The average molecular weight is 359 g/mol. The molecule has 1 aromatic carbocycles. The first kappa shape index (κ1) is 12.8. The number of hydrogen-bond acceptors (Lipinski definition) is 2. The number of nitrogens with two attached hydrogens (primary N) is 1. The molecule has 0 aliphatic heterocycles. The largest absolute Gasteiger partial charge is 0.324 e. The van der Waals surface area contributed by atoms with Gasteiger partial charge in [-0.3, -0.25) is 4.98 Å². The van der Waals surface area contributed by atoms with E-state index in [2.05, 4.69) is 39.7 Å². The van der Waals surface area contributed by atoms with E-state index >= 15 is 0 Å². The first-order chi connectivity index (χ1) is 8.16. The summed E-state index contributed by atoms with van der Waals surface area (Å²) in [4.78, 5) is 3.97. The van der Waals surface area contributed by atoms with Gasteiger partial charge >= 0.3 is 0 Å². The molecule has 1 atom stereocenters. The predicted octanol–water partition coefficient (Wildman–Crippen LogP) is 3.58. The van der Waals surface area contributed by atoms with Crippen molar-refractivity contribution in [2.24, 2.45) is 5.73 Å². The minimum atomic E-state index is -0.0374. The maximum absolute atomic E-state index is 6.18. The first-order valence-corrected chi connectivity index (χ1v) is 6.72. The molecule has 2 N–H and O–H groups in total. The van der Waals surface area contributed by atoms with Gasteiger partial charge in [-0.15, -0.1) is 0 Å². The molecule has 0 bridgehead atoms. The van der Waals surface area contributed by atoms with Crippen LogP contribution in [0.2, 0.25) is 5.02 Å².